The summed E-state index contributed by atoms with van der Waals surface area (Å²) in [6.45, 7) is 4.18. The van der Waals surface area contributed by atoms with Crippen molar-refractivity contribution >= 4 is 5.78 Å². The van der Waals surface area contributed by atoms with E-state index < -0.39 is 0 Å². The average Bonchev–Trinajstić information content (AvgIpc) is 3.18. The minimum atomic E-state index is 0.234. The highest BCUT2D eigenvalue weighted by Crippen LogP contribution is 2.48. The quantitative estimate of drug-likeness (QED) is 0.808. The summed E-state index contributed by atoms with van der Waals surface area (Å²) >= 11 is 0. The summed E-state index contributed by atoms with van der Waals surface area (Å²) < 4.78 is 0. The highest BCUT2D eigenvalue weighted by atomic mass is 16.1. The van der Waals surface area contributed by atoms with Crippen molar-refractivity contribution in [3.05, 3.63) is 70.8 Å². The van der Waals surface area contributed by atoms with Crippen LogP contribution in [0.5, 0.6) is 0 Å². The molecule has 0 radical (unpaired) electrons. The van der Waals surface area contributed by atoms with E-state index in [4.69, 9.17) is 0 Å². The largest absolute Gasteiger partial charge is 0.299 e. The molecule has 0 saturated heterocycles. The Balaban J connectivity index is 1.67. The van der Waals surface area contributed by atoms with E-state index in [2.05, 4.69) is 56.3 Å². The molecule has 0 spiro atoms. The van der Waals surface area contributed by atoms with Crippen LogP contribution in [0.15, 0.2) is 48.5 Å². The Bertz CT molecular complexity index is 607. The number of benzene rings is 2. The summed E-state index contributed by atoms with van der Waals surface area (Å²) in [4.78, 5) is 12.4. The zero-order chi connectivity index (χ0) is 14.1. The maximum absolute atomic E-state index is 12.4. The average molecular weight is 264 g/mol. The first-order valence-corrected chi connectivity index (χ1v) is 7.28. The second kappa shape index (κ2) is 5.24. The van der Waals surface area contributed by atoms with Gasteiger partial charge in [-0.25, -0.2) is 0 Å². The second-order valence-electron chi connectivity index (χ2n) is 6.00. The molecule has 1 nitrogen and oxygen atoms in total. The van der Waals surface area contributed by atoms with E-state index in [9.17, 15) is 4.79 Å². The van der Waals surface area contributed by atoms with Gasteiger partial charge in [0, 0.05) is 12.3 Å². The van der Waals surface area contributed by atoms with Gasteiger partial charge < -0.3 is 0 Å². The van der Waals surface area contributed by atoms with Gasteiger partial charge in [0.25, 0.3) is 0 Å². The molecular weight excluding hydrogens is 244 g/mol. The molecule has 1 saturated carbocycles. The molecule has 3 rings (SSSR count). The molecule has 0 amide bonds. The highest BCUT2D eigenvalue weighted by Gasteiger charge is 2.43. The molecule has 1 fully saturated rings. The lowest BCUT2D eigenvalue weighted by atomic mass is 10.00. The third-order valence-corrected chi connectivity index (χ3v) is 4.09. The molecule has 0 N–H and O–H groups in total. The molecule has 1 heteroatoms. The van der Waals surface area contributed by atoms with Crippen LogP contribution in [0.2, 0.25) is 0 Å². The lowest BCUT2D eigenvalue weighted by molar-refractivity contribution is -0.119. The van der Waals surface area contributed by atoms with Crippen molar-refractivity contribution in [2.24, 2.45) is 5.92 Å². The first-order valence-electron chi connectivity index (χ1n) is 7.28. The number of rotatable bonds is 4. The van der Waals surface area contributed by atoms with Gasteiger partial charge in [0.15, 0.2) is 0 Å². The van der Waals surface area contributed by atoms with Gasteiger partial charge in [-0.3, -0.25) is 4.79 Å². The minimum absolute atomic E-state index is 0.234. The zero-order valence-corrected chi connectivity index (χ0v) is 12.1. The predicted octanol–water partition coefficient (Wildman–Crippen LogP) is 4.22. The monoisotopic (exact) mass is 264 g/mol. The first-order chi connectivity index (χ1) is 9.63. The van der Waals surface area contributed by atoms with Gasteiger partial charge in [-0.15, -0.1) is 0 Å². The molecule has 0 heterocycles. The Morgan fingerprint density at radius 2 is 1.70 bits per heavy atom. The Morgan fingerprint density at radius 3 is 2.35 bits per heavy atom. The Morgan fingerprint density at radius 1 is 1.05 bits per heavy atom. The number of carbonyl (C=O) groups excluding carboxylic acids is 1. The van der Waals surface area contributed by atoms with Crippen LogP contribution >= 0.6 is 0 Å². The fourth-order valence-electron chi connectivity index (χ4n) is 3.12. The van der Waals surface area contributed by atoms with Crippen LogP contribution in [0, 0.1) is 19.8 Å². The lowest BCUT2D eigenvalue weighted by Crippen LogP contribution is -2.06. The van der Waals surface area contributed by atoms with E-state index in [1.807, 2.05) is 6.07 Å². The first kappa shape index (κ1) is 13.1. The van der Waals surface area contributed by atoms with Crippen LogP contribution in [0.1, 0.15) is 34.6 Å². The van der Waals surface area contributed by atoms with Gasteiger partial charge in [0.2, 0.25) is 0 Å². The third kappa shape index (κ3) is 2.82. The summed E-state index contributed by atoms with van der Waals surface area (Å²) in [6.07, 6.45) is 1.60. The molecule has 0 bridgehead atoms. The molecule has 2 aromatic carbocycles. The second-order valence-corrected chi connectivity index (χ2v) is 6.00. The van der Waals surface area contributed by atoms with E-state index in [-0.39, 0.29) is 5.92 Å². The van der Waals surface area contributed by atoms with Crippen LogP contribution in [0.3, 0.4) is 0 Å². The Labute approximate surface area is 120 Å². The summed E-state index contributed by atoms with van der Waals surface area (Å²) in [5.41, 5.74) is 4.95. The van der Waals surface area contributed by atoms with Crippen molar-refractivity contribution in [3.8, 4) is 0 Å². The predicted molar refractivity (Wildman–Crippen MR) is 81.9 cm³/mol. The van der Waals surface area contributed by atoms with Gasteiger partial charge in [-0.1, -0.05) is 59.7 Å². The van der Waals surface area contributed by atoms with Gasteiger partial charge in [0.1, 0.15) is 5.78 Å². The molecule has 102 valence electrons. The van der Waals surface area contributed by atoms with Crippen molar-refractivity contribution in [2.75, 3.05) is 0 Å². The number of Topliss-reactive ketones (excluding diaryl/α,β-unsaturated/α-hetero) is 1. The number of aryl methyl sites for hydroxylation is 2. The van der Waals surface area contributed by atoms with E-state index in [0.717, 1.165) is 12.0 Å². The summed E-state index contributed by atoms with van der Waals surface area (Å²) in [5.74, 6) is 1.08. The maximum atomic E-state index is 12.4. The van der Waals surface area contributed by atoms with Crippen molar-refractivity contribution in [2.45, 2.75) is 32.6 Å². The third-order valence-electron chi connectivity index (χ3n) is 4.09. The van der Waals surface area contributed by atoms with E-state index in [1.165, 1.54) is 16.7 Å². The van der Waals surface area contributed by atoms with Gasteiger partial charge >= 0.3 is 0 Å². The maximum Gasteiger partial charge on any atom is 0.140 e. The van der Waals surface area contributed by atoms with Gasteiger partial charge in [-0.05, 0) is 37.3 Å². The van der Waals surface area contributed by atoms with Crippen molar-refractivity contribution in [1.82, 2.24) is 0 Å². The minimum Gasteiger partial charge on any atom is -0.299 e. The zero-order valence-electron chi connectivity index (χ0n) is 12.1. The van der Waals surface area contributed by atoms with E-state index in [0.29, 0.717) is 18.1 Å². The van der Waals surface area contributed by atoms with Crippen molar-refractivity contribution in [3.63, 3.8) is 0 Å². The van der Waals surface area contributed by atoms with E-state index >= 15 is 0 Å². The standard InChI is InChI=1S/C19H20O/c1-13-8-14(2)10-15(9-13)11-19(20)18-12-17(18)16-6-4-3-5-7-16/h3-10,17-18H,11-12H2,1-2H3. The molecule has 20 heavy (non-hydrogen) atoms. The fraction of sp³-hybridized carbons (Fsp3) is 0.316. The number of carbonyl (C=O) groups is 1. The smallest absolute Gasteiger partial charge is 0.140 e. The molecule has 0 aromatic heterocycles. The topological polar surface area (TPSA) is 17.1 Å². The fourth-order valence-corrected chi connectivity index (χ4v) is 3.12. The molecule has 1 aliphatic carbocycles. The molecule has 1 aliphatic rings. The van der Waals surface area contributed by atoms with Crippen LogP contribution in [0.25, 0.3) is 0 Å². The number of hydrogen-bond acceptors (Lipinski definition) is 1. The van der Waals surface area contributed by atoms with Crippen LogP contribution in [-0.2, 0) is 11.2 Å². The molecule has 2 unspecified atom stereocenters. The molecular formula is C19H20O. The van der Waals surface area contributed by atoms with Crippen molar-refractivity contribution < 1.29 is 4.79 Å². The molecule has 2 aromatic rings. The summed E-state index contributed by atoms with van der Waals surface area (Å²) in [5, 5.41) is 0. The SMILES string of the molecule is Cc1cc(C)cc(CC(=O)C2CC2c2ccccc2)c1. The van der Waals surface area contributed by atoms with Crippen LogP contribution in [-0.4, -0.2) is 5.78 Å². The lowest BCUT2D eigenvalue weighted by Gasteiger charge is -2.05. The van der Waals surface area contributed by atoms with Crippen LogP contribution in [0.4, 0.5) is 0 Å². The Kier molecular flexibility index (Phi) is 3.43. The highest BCUT2D eigenvalue weighted by molar-refractivity contribution is 5.87. The molecule has 0 aliphatic heterocycles. The van der Waals surface area contributed by atoms with Gasteiger partial charge in [0.05, 0.1) is 0 Å². The molecule has 2 atom stereocenters. The number of ketones is 1. The van der Waals surface area contributed by atoms with Crippen LogP contribution < -0.4 is 0 Å². The van der Waals surface area contributed by atoms with E-state index in [1.54, 1.807) is 0 Å². The Hall–Kier alpha value is -1.89. The normalized spacial score (nSPS) is 20.7. The summed E-state index contributed by atoms with van der Waals surface area (Å²) in [6, 6.07) is 16.8. The van der Waals surface area contributed by atoms with Crippen molar-refractivity contribution in [1.29, 1.82) is 0 Å². The number of hydrogen-bond donors (Lipinski definition) is 0. The van der Waals surface area contributed by atoms with Gasteiger partial charge in [-0.2, -0.15) is 0 Å². The summed E-state index contributed by atoms with van der Waals surface area (Å²) in [7, 11) is 0.